The minimum absolute atomic E-state index is 0.436. The topological polar surface area (TPSA) is 12.9 Å². The number of aromatic nitrogens is 1. The highest BCUT2D eigenvalue weighted by atomic mass is 32.1. The zero-order valence-corrected chi connectivity index (χ0v) is 29.1. The van der Waals surface area contributed by atoms with Crippen molar-refractivity contribution >= 4 is 53.2 Å². The Kier molecular flexibility index (Phi) is 6.40. The van der Waals surface area contributed by atoms with E-state index in [0.717, 1.165) is 16.8 Å². The Hall–Kier alpha value is -6.35. The fourth-order valence-corrected chi connectivity index (χ4v) is 10.3. The second-order valence-corrected chi connectivity index (χ2v) is 14.8. The molecule has 242 valence electrons. The Bertz CT molecular complexity index is 2960. The van der Waals surface area contributed by atoms with Gasteiger partial charge in [-0.1, -0.05) is 176 Å². The van der Waals surface area contributed by atoms with Gasteiger partial charge in [-0.25, -0.2) is 4.98 Å². The molecule has 0 saturated heterocycles. The maximum atomic E-state index is 5.22. The monoisotopic (exact) mass is 677 g/mol. The maximum absolute atomic E-state index is 5.22. The number of fused-ring (bicyclic) bond motifs is 10. The van der Waals surface area contributed by atoms with E-state index < -0.39 is 5.41 Å². The number of pyridine rings is 1. The van der Waals surface area contributed by atoms with Crippen LogP contribution in [-0.2, 0) is 5.41 Å². The molecule has 1 nitrogen and oxygen atoms in total. The molecular formula is C50H31NS. The lowest BCUT2D eigenvalue weighted by Gasteiger charge is -2.34. The van der Waals surface area contributed by atoms with Gasteiger partial charge in [0.2, 0.25) is 0 Å². The summed E-state index contributed by atoms with van der Waals surface area (Å²) in [5.74, 6) is 0. The molecular weight excluding hydrogens is 647 g/mol. The smallest absolute Gasteiger partial charge is 0.0788 e. The van der Waals surface area contributed by atoms with Crippen LogP contribution in [0, 0.1) is 0 Å². The van der Waals surface area contributed by atoms with Crippen molar-refractivity contribution in [3.8, 4) is 33.5 Å². The molecule has 0 unspecified atom stereocenters. The van der Waals surface area contributed by atoms with E-state index in [2.05, 4.69) is 188 Å². The van der Waals surface area contributed by atoms with Gasteiger partial charge >= 0.3 is 0 Å². The van der Waals surface area contributed by atoms with Gasteiger partial charge in [0.05, 0.1) is 16.6 Å². The van der Waals surface area contributed by atoms with Crippen molar-refractivity contribution < 1.29 is 0 Å². The third-order valence-electron chi connectivity index (χ3n) is 11.1. The number of hydrogen-bond donors (Lipinski definition) is 0. The van der Waals surface area contributed by atoms with Gasteiger partial charge in [0.25, 0.3) is 0 Å². The first-order valence-corrected chi connectivity index (χ1v) is 18.7. The number of rotatable bonds is 4. The van der Waals surface area contributed by atoms with Crippen LogP contribution in [0.15, 0.2) is 188 Å². The van der Waals surface area contributed by atoms with E-state index in [1.165, 1.54) is 80.8 Å². The van der Waals surface area contributed by atoms with Crippen LogP contribution < -0.4 is 0 Å². The van der Waals surface area contributed by atoms with Crippen molar-refractivity contribution in [3.63, 3.8) is 0 Å². The van der Waals surface area contributed by atoms with Gasteiger partial charge in [-0.05, 0) is 56.6 Å². The second-order valence-electron chi connectivity index (χ2n) is 13.8. The van der Waals surface area contributed by atoms with E-state index in [9.17, 15) is 0 Å². The highest BCUT2D eigenvalue weighted by molar-refractivity contribution is 7.27. The van der Waals surface area contributed by atoms with Crippen LogP contribution in [0.3, 0.4) is 0 Å². The SMILES string of the molecule is c1ccc(-c2nc3ccccc3c3c2ccc2c4cccc(-c5ccc6c(c5)C(c5ccccc5)(c5ccccc5)c5ccccc5-6)c4sc23)cc1. The maximum Gasteiger partial charge on any atom is 0.0788 e. The van der Waals surface area contributed by atoms with Crippen LogP contribution in [0.5, 0.6) is 0 Å². The van der Waals surface area contributed by atoms with Crippen molar-refractivity contribution in [3.05, 3.63) is 210 Å². The molecule has 0 bridgehead atoms. The van der Waals surface area contributed by atoms with Gasteiger partial charge in [-0.2, -0.15) is 0 Å². The third kappa shape index (κ3) is 4.07. The number of hydrogen-bond acceptors (Lipinski definition) is 2. The molecule has 0 amide bonds. The first kappa shape index (κ1) is 29.4. The van der Waals surface area contributed by atoms with Crippen LogP contribution >= 0.6 is 11.3 Å². The van der Waals surface area contributed by atoms with Gasteiger partial charge in [0, 0.05) is 41.9 Å². The molecule has 0 N–H and O–H groups in total. The highest BCUT2D eigenvalue weighted by Crippen LogP contribution is 2.57. The van der Waals surface area contributed by atoms with Crippen LogP contribution in [0.4, 0.5) is 0 Å². The van der Waals surface area contributed by atoms with Crippen LogP contribution in [0.1, 0.15) is 22.3 Å². The number of benzene rings is 8. The van der Waals surface area contributed by atoms with Gasteiger partial charge in [0.1, 0.15) is 0 Å². The summed E-state index contributed by atoms with van der Waals surface area (Å²) in [5, 5.41) is 6.26. The zero-order valence-electron chi connectivity index (χ0n) is 28.3. The predicted molar refractivity (Wildman–Crippen MR) is 220 cm³/mol. The van der Waals surface area contributed by atoms with Crippen molar-refractivity contribution in [2.75, 3.05) is 0 Å². The largest absolute Gasteiger partial charge is 0.247 e. The van der Waals surface area contributed by atoms with Gasteiger partial charge in [0.15, 0.2) is 0 Å². The number of thiophene rings is 1. The Morgan fingerprint density at radius 1 is 0.385 bits per heavy atom. The average molecular weight is 678 g/mol. The highest BCUT2D eigenvalue weighted by Gasteiger charge is 2.46. The molecule has 2 heteroatoms. The second kappa shape index (κ2) is 11.3. The summed E-state index contributed by atoms with van der Waals surface area (Å²) in [6.45, 7) is 0. The molecule has 0 spiro atoms. The van der Waals surface area contributed by atoms with Crippen LogP contribution in [0.25, 0.3) is 75.4 Å². The van der Waals surface area contributed by atoms with Crippen molar-refractivity contribution in [2.45, 2.75) is 5.41 Å². The van der Waals surface area contributed by atoms with Crippen molar-refractivity contribution in [1.82, 2.24) is 4.98 Å². The van der Waals surface area contributed by atoms with E-state index in [1.54, 1.807) is 0 Å². The molecule has 1 aliphatic carbocycles. The standard InChI is InChI=1S/C50H31NS/c1-4-15-32(16-5-1)47-42-30-29-40-39-24-14-23-36(48(39)52-49(40)46(42)41-22-11-13-26-45(41)51-47)33-27-28-38-37-21-10-12-25-43(37)50(44(38)31-33,34-17-6-2-7-18-34)35-19-8-3-9-20-35/h1-31H. The van der Waals surface area contributed by atoms with E-state index in [4.69, 9.17) is 4.98 Å². The lowest BCUT2D eigenvalue weighted by atomic mass is 9.67. The molecule has 0 radical (unpaired) electrons. The number of nitrogens with zero attached hydrogens (tertiary/aromatic N) is 1. The summed E-state index contributed by atoms with van der Waals surface area (Å²) in [6.07, 6.45) is 0. The summed E-state index contributed by atoms with van der Waals surface area (Å²) in [7, 11) is 0. The Morgan fingerprint density at radius 3 is 1.77 bits per heavy atom. The fraction of sp³-hybridized carbons (Fsp3) is 0.0200. The molecule has 11 rings (SSSR count). The van der Waals surface area contributed by atoms with Gasteiger partial charge in [-0.15, -0.1) is 11.3 Å². The predicted octanol–water partition coefficient (Wildman–Crippen LogP) is 13.5. The summed E-state index contributed by atoms with van der Waals surface area (Å²) < 4.78 is 2.62. The minimum atomic E-state index is -0.436. The molecule has 8 aromatic carbocycles. The Balaban J connectivity index is 1.20. The number of para-hydroxylation sites is 1. The molecule has 2 heterocycles. The zero-order chi connectivity index (χ0) is 34.2. The molecule has 0 atom stereocenters. The van der Waals surface area contributed by atoms with Crippen molar-refractivity contribution in [2.24, 2.45) is 0 Å². The van der Waals surface area contributed by atoms with Crippen LogP contribution in [-0.4, -0.2) is 4.98 Å². The van der Waals surface area contributed by atoms with Crippen LogP contribution in [0.2, 0.25) is 0 Å². The first-order chi connectivity index (χ1) is 25.8. The Labute approximate surface area is 306 Å². The van der Waals surface area contributed by atoms with Gasteiger partial charge < -0.3 is 0 Å². The first-order valence-electron chi connectivity index (χ1n) is 17.9. The minimum Gasteiger partial charge on any atom is -0.247 e. The molecule has 0 saturated carbocycles. The lowest BCUT2D eigenvalue weighted by Crippen LogP contribution is -2.28. The lowest BCUT2D eigenvalue weighted by molar-refractivity contribution is 0.769. The average Bonchev–Trinajstić information content (AvgIpc) is 3.75. The van der Waals surface area contributed by atoms with Gasteiger partial charge in [-0.3, -0.25) is 0 Å². The Morgan fingerprint density at radius 2 is 0.981 bits per heavy atom. The van der Waals surface area contributed by atoms with E-state index in [-0.39, 0.29) is 0 Å². The molecule has 1 aliphatic rings. The van der Waals surface area contributed by atoms with E-state index >= 15 is 0 Å². The molecule has 0 aliphatic heterocycles. The fourth-order valence-electron chi connectivity index (χ4n) is 8.95. The molecule has 2 aromatic heterocycles. The van der Waals surface area contributed by atoms with Crippen molar-refractivity contribution in [1.29, 1.82) is 0 Å². The van der Waals surface area contributed by atoms with E-state index in [0.29, 0.717) is 0 Å². The quantitative estimate of drug-likeness (QED) is 0.169. The molecule has 10 aromatic rings. The molecule has 0 fully saturated rings. The summed E-state index contributed by atoms with van der Waals surface area (Å²) in [4.78, 5) is 5.22. The molecule has 52 heavy (non-hydrogen) atoms. The van der Waals surface area contributed by atoms with E-state index in [1.807, 2.05) is 11.3 Å². The summed E-state index contributed by atoms with van der Waals surface area (Å²) in [5.41, 5.74) is 13.1. The third-order valence-corrected chi connectivity index (χ3v) is 12.4. The normalized spacial score (nSPS) is 13.2. The summed E-state index contributed by atoms with van der Waals surface area (Å²) in [6, 6.07) is 69.0. The summed E-state index contributed by atoms with van der Waals surface area (Å²) >= 11 is 1.92.